The molecule has 0 radical (unpaired) electrons. The van der Waals surface area contributed by atoms with Crippen LogP contribution in [0.3, 0.4) is 0 Å². The third-order valence-electron chi connectivity index (χ3n) is 4.83. The number of nitrogens with one attached hydrogen (secondary N) is 1. The molecule has 0 bridgehead atoms. The van der Waals surface area contributed by atoms with Gasteiger partial charge >= 0.3 is 0 Å². The van der Waals surface area contributed by atoms with Crippen LogP contribution in [-0.2, 0) is 0 Å². The summed E-state index contributed by atoms with van der Waals surface area (Å²) in [7, 11) is 0. The first-order valence-electron chi connectivity index (χ1n) is 8.27. The predicted molar refractivity (Wildman–Crippen MR) is 85.2 cm³/mol. The van der Waals surface area contributed by atoms with Gasteiger partial charge in [0, 0.05) is 51.0 Å². The van der Waals surface area contributed by atoms with E-state index in [1.54, 1.807) is 12.1 Å². The molecule has 0 amide bonds. The minimum Gasteiger partial charge on any atom is -0.384 e. The summed E-state index contributed by atoms with van der Waals surface area (Å²) in [5.74, 6) is -0.176. The fraction of sp³-hybridized carbons (Fsp3) is 0.647. The highest BCUT2D eigenvalue weighted by Crippen LogP contribution is 2.24. The first-order valence-corrected chi connectivity index (χ1v) is 8.27. The second kappa shape index (κ2) is 7.23. The average molecular weight is 291 g/mol. The fourth-order valence-electron chi connectivity index (χ4n) is 3.58. The molecule has 0 unspecified atom stereocenters. The average Bonchev–Trinajstić information content (AvgIpc) is 3.02. The van der Waals surface area contributed by atoms with Crippen molar-refractivity contribution < 1.29 is 4.39 Å². The second-order valence-corrected chi connectivity index (χ2v) is 6.25. The van der Waals surface area contributed by atoms with Crippen LogP contribution in [0.5, 0.6) is 0 Å². The smallest absolute Gasteiger partial charge is 0.125 e. The summed E-state index contributed by atoms with van der Waals surface area (Å²) in [5.41, 5.74) is 0.875. The summed E-state index contributed by atoms with van der Waals surface area (Å²) >= 11 is 0. The van der Waals surface area contributed by atoms with Gasteiger partial charge in [0.2, 0.25) is 0 Å². The molecule has 1 N–H and O–H groups in total. The Bertz CT molecular complexity index is 437. The Morgan fingerprint density at radius 3 is 2.57 bits per heavy atom. The lowest BCUT2D eigenvalue weighted by Crippen LogP contribution is -2.50. The van der Waals surface area contributed by atoms with E-state index in [-0.39, 0.29) is 5.82 Å². The minimum absolute atomic E-state index is 0.176. The van der Waals surface area contributed by atoms with E-state index < -0.39 is 0 Å². The van der Waals surface area contributed by atoms with E-state index in [0.29, 0.717) is 0 Å². The van der Waals surface area contributed by atoms with Gasteiger partial charge in [-0.25, -0.2) is 4.39 Å². The molecule has 1 aliphatic heterocycles. The number of hydrogen-bond acceptors (Lipinski definition) is 3. The Morgan fingerprint density at radius 2 is 1.86 bits per heavy atom. The normalized spacial score (nSPS) is 21.8. The van der Waals surface area contributed by atoms with Crippen molar-refractivity contribution in [2.45, 2.75) is 31.7 Å². The van der Waals surface area contributed by atoms with Crippen LogP contribution in [0.4, 0.5) is 10.1 Å². The molecule has 4 heteroatoms. The molecule has 3 rings (SSSR count). The van der Waals surface area contributed by atoms with Crippen molar-refractivity contribution in [2.24, 2.45) is 0 Å². The topological polar surface area (TPSA) is 18.5 Å². The molecule has 1 aliphatic carbocycles. The lowest BCUT2D eigenvalue weighted by Gasteiger charge is -2.38. The summed E-state index contributed by atoms with van der Waals surface area (Å²) < 4.78 is 13.1. The third kappa shape index (κ3) is 4.17. The van der Waals surface area contributed by atoms with Crippen molar-refractivity contribution in [3.8, 4) is 0 Å². The zero-order valence-electron chi connectivity index (χ0n) is 12.7. The van der Waals surface area contributed by atoms with Gasteiger partial charge < -0.3 is 5.32 Å². The van der Waals surface area contributed by atoms with Gasteiger partial charge in [-0.3, -0.25) is 9.80 Å². The second-order valence-electron chi connectivity index (χ2n) is 6.25. The van der Waals surface area contributed by atoms with Crippen LogP contribution >= 0.6 is 0 Å². The van der Waals surface area contributed by atoms with Crippen LogP contribution in [0.2, 0.25) is 0 Å². The quantitative estimate of drug-likeness (QED) is 0.900. The maximum absolute atomic E-state index is 13.1. The van der Waals surface area contributed by atoms with Crippen molar-refractivity contribution in [1.29, 1.82) is 0 Å². The number of benzene rings is 1. The molecule has 3 nitrogen and oxygen atoms in total. The molecule has 116 valence electrons. The van der Waals surface area contributed by atoms with Gasteiger partial charge in [-0.15, -0.1) is 0 Å². The summed E-state index contributed by atoms with van der Waals surface area (Å²) in [4.78, 5) is 5.20. The Morgan fingerprint density at radius 1 is 1.10 bits per heavy atom. The molecule has 1 aromatic carbocycles. The SMILES string of the molecule is Fc1cccc(NCCN2CCN(C3CCCC3)CC2)c1. The van der Waals surface area contributed by atoms with Crippen molar-refractivity contribution >= 4 is 5.69 Å². The lowest BCUT2D eigenvalue weighted by molar-refractivity contribution is 0.100. The van der Waals surface area contributed by atoms with Crippen LogP contribution in [0.25, 0.3) is 0 Å². The first-order chi connectivity index (χ1) is 10.3. The predicted octanol–water partition coefficient (Wildman–Crippen LogP) is 2.80. The van der Waals surface area contributed by atoms with E-state index in [0.717, 1.165) is 24.8 Å². The van der Waals surface area contributed by atoms with Gasteiger partial charge in [0.1, 0.15) is 5.82 Å². The molecule has 2 fully saturated rings. The van der Waals surface area contributed by atoms with Crippen molar-refractivity contribution in [3.63, 3.8) is 0 Å². The van der Waals surface area contributed by atoms with E-state index in [4.69, 9.17) is 0 Å². The zero-order chi connectivity index (χ0) is 14.5. The molecule has 1 heterocycles. The maximum Gasteiger partial charge on any atom is 0.125 e. The van der Waals surface area contributed by atoms with Crippen LogP contribution in [0, 0.1) is 5.82 Å². The monoisotopic (exact) mass is 291 g/mol. The van der Waals surface area contributed by atoms with Gasteiger partial charge in [-0.1, -0.05) is 18.9 Å². The molecule has 2 aliphatic rings. The number of nitrogens with zero attached hydrogens (tertiary/aromatic N) is 2. The Kier molecular flexibility index (Phi) is 5.09. The summed E-state index contributed by atoms with van der Waals surface area (Å²) in [6.07, 6.45) is 5.65. The number of hydrogen-bond donors (Lipinski definition) is 1. The molecule has 1 aromatic rings. The van der Waals surface area contributed by atoms with Crippen molar-refractivity contribution in [2.75, 3.05) is 44.6 Å². The standard InChI is InChI=1S/C17H26FN3/c18-15-4-3-5-16(14-15)19-8-9-20-10-12-21(13-11-20)17-6-1-2-7-17/h3-5,14,17,19H,1-2,6-13H2. The Labute approximate surface area is 127 Å². The van der Waals surface area contributed by atoms with Gasteiger partial charge in [-0.2, -0.15) is 0 Å². The van der Waals surface area contributed by atoms with Gasteiger partial charge in [0.05, 0.1) is 0 Å². The van der Waals surface area contributed by atoms with E-state index in [2.05, 4.69) is 15.1 Å². The number of halogens is 1. The molecule has 0 aromatic heterocycles. The van der Waals surface area contributed by atoms with Crippen molar-refractivity contribution in [1.82, 2.24) is 9.80 Å². The van der Waals surface area contributed by atoms with E-state index >= 15 is 0 Å². The Hall–Kier alpha value is -1.13. The van der Waals surface area contributed by atoms with Crippen LogP contribution in [-0.4, -0.2) is 55.1 Å². The highest BCUT2D eigenvalue weighted by molar-refractivity contribution is 5.42. The molecule has 1 saturated heterocycles. The summed E-state index contributed by atoms with van der Waals surface area (Å²) in [6.45, 7) is 6.68. The van der Waals surface area contributed by atoms with Gasteiger partial charge in [-0.05, 0) is 31.0 Å². The Balaban J connectivity index is 1.35. The minimum atomic E-state index is -0.176. The largest absolute Gasteiger partial charge is 0.384 e. The molecular formula is C17H26FN3. The van der Waals surface area contributed by atoms with Crippen LogP contribution < -0.4 is 5.32 Å². The molecule has 1 saturated carbocycles. The van der Waals surface area contributed by atoms with Crippen LogP contribution in [0.15, 0.2) is 24.3 Å². The molecule has 0 spiro atoms. The van der Waals surface area contributed by atoms with E-state index in [1.807, 2.05) is 6.07 Å². The third-order valence-corrected chi connectivity index (χ3v) is 4.83. The van der Waals surface area contributed by atoms with Crippen molar-refractivity contribution in [3.05, 3.63) is 30.1 Å². The zero-order valence-corrected chi connectivity index (χ0v) is 12.7. The molecular weight excluding hydrogens is 265 g/mol. The van der Waals surface area contributed by atoms with E-state index in [9.17, 15) is 4.39 Å². The highest BCUT2D eigenvalue weighted by atomic mass is 19.1. The number of rotatable bonds is 5. The highest BCUT2D eigenvalue weighted by Gasteiger charge is 2.25. The fourth-order valence-corrected chi connectivity index (χ4v) is 3.58. The lowest BCUT2D eigenvalue weighted by atomic mass is 10.2. The van der Waals surface area contributed by atoms with E-state index in [1.165, 1.54) is 57.9 Å². The maximum atomic E-state index is 13.1. The van der Waals surface area contributed by atoms with Crippen LogP contribution in [0.1, 0.15) is 25.7 Å². The number of piperazine rings is 1. The summed E-state index contributed by atoms with van der Waals surface area (Å²) in [6, 6.07) is 7.56. The molecule has 21 heavy (non-hydrogen) atoms. The van der Waals surface area contributed by atoms with Gasteiger partial charge in [0.25, 0.3) is 0 Å². The number of anilines is 1. The molecule has 0 atom stereocenters. The first kappa shape index (κ1) is 14.8. The summed E-state index contributed by atoms with van der Waals surface area (Å²) in [5, 5.41) is 3.30. The van der Waals surface area contributed by atoms with Gasteiger partial charge in [0.15, 0.2) is 0 Å².